The molecule has 0 heterocycles. The molecule has 2 N–H and O–H groups in total. The van der Waals surface area contributed by atoms with Crippen LogP contribution >= 0.6 is 27.5 Å². The van der Waals surface area contributed by atoms with Crippen molar-refractivity contribution >= 4 is 34.9 Å². The molecule has 4 nitrogen and oxygen atoms in total. The molecule has 0 aliphatic carbocycles. The van der Waals surface area contributed by atoms with E-state index in [4.69, 9.17) is 26.4 Å². The van der Waals surface area contributed by atoms with Crippen LogP contribution in [0.2, 0.25) is 5.02 Å². The van der Waals surface area contributed by atoms with E-state index in [1.165, 1.54) is 7.11 Å². The molecule has 1 aromatic rings. The third-order valence-corrected chi connectivity index (χ3v) is 2.16. The van der Waals surface area contributed by atoms with Crippen molar-refractivity contribution in [3.63, 3.8) is 0 Å². The zero-order valence-corrected chi connectivity index (χ0v) is 9.54. The van der Waals surface area contributed by atoms with Crippen molar-refractivity contribution in [1.82, 2.24) is 0 Å². The number of rotatable bonds is 3. The first-order chi connectivity index (χ1) is 6.54. The van der Waals surface area contributed by atoms with Crippen LogP contribution in [0.15, 0.2) is 16.6 Å². The second-order valence-electron chi connectivity index (χ2n) is 2.36. The highest BCUT2D eigenvalue weighted by Crippen LogP contribution is 2.37. The van der Waals surface area contributed by atoms with Crippen molar-refractivity contribution in [2.45, 2.75) is 0 Å². The fraction of sp³-hybridized carbons (Fsp3) is 0.143. The van der Waals surface area contributed by atoms with Gasteiger partial charge in [0.2, 0.25) is 0 Å². The Balaban J connectivity index is 3.11. The Bertz CT molecular complexity index is 334. The lowest BCUT2D eigenvalue weighted by Gasteiger charge is -2.11. The van der Waals surface area contributed by atoms with Crippen LogP contribution in [0.4, 0.5) is 0 Å². The van der Waals surface area contributed by atoms with Crippen molar-refractivity contribution in [3.05, 3.63) is 21.6 Å². The average Bonchev–Trinajstić information content (AvgIpc) is 2.08. The second-order valence-corrected chi connectivity index (χ2v) is 3.69. The molecule has 1 aromatic carbocycles. The maximum atomic E-state index is 8.63. The summed E-state index contributed by atoms with van der Waals surface area (Å²) in [5.74, 6) is 0.407. The monoisotopic (exact) mass is 280 g/mol. The van der Waals surface area contributed by atoms with E-state index in [9.17, 15) is 0 Å². The molecule has 14 heavy (non-hydrogen) atoms. The van der Waals surface area contributed by atoms with Crippen LogP contribution in [0.3, 0.4) is 0 Å². The van der Waals surface area contributed by atoms with Crippen molar-refractivity contribution in [1.29, 1.82) is 0 Å². The van der Waals surface area contributed by atoms with Gasteiger partial charge in [-0.15, -0.1) is 0 Å². The first-order valence-electron chi connectivity index (χ1n) is 3.60. The molecule has 0 saturated carbocycles. The zero-order valence-electron chi connectivity index (χ0n) is 7.20. The molecule has 0 saturated heterocycles. The summed E-state index contributed by atoms with van der Waals surface area (Å²) in [7, 11) is -0.503. The van der Waals surface area contributed by atoms with Gasteiger partial charge >= 0.3 is 7.32 Å². The van der Waals surface area contributed by atoms with Gasteiger partial charge in [0.25, 0.3) is 0 Å². The molecule has 0 fully saturated rings. The lowest BCUT2D eigenvalue weighted by Crippen LogP contribution is -2.21. The fourth-order valence-corrected chi connectivity index (χ4v) is 1.73. The largest absolute Gasteiger partial charge is 0.707 e. The summed E-state index contributed by atoms with van der Waals surface area (Å²) in [5, 5.41) is 17.5. The minimum atomic E-state index is -1.93. The Morgan fingerprint density at radius 2 is 2.07 bits per heavy atom. The molecule has 0 amide bonds. The molecule has 0 spiro atoms. The van der Waals surface area contributed by atoms with Gasteiger partial charge < -0.3 is 19.4 Å². The SMILES string of the molecule is COc1cc(Br)cc(Cl)c1OB(O)O. The topological polar surface area (TPSA) is 58.9 Å². The van der Waals surface area contributed by atoms with Gasteiger partial charge in [-0.3, -0.25) is 0 Å². The summed E-state index contributed by atoms with van der Waals surface area (Å²) < 4.78 is 10.3. The van der Waals surface area contributed by atoms with Crippen LogP contribution in [0.25, 0.3) is 0 Å². The normalized spacial score (nSPS) is 9.79. The Hall–Kier alpha value is -0.425. The van der Waals surface area contributed by atoms with E-state index < -0.39 is 7.32 Å². The van der Waals surface area contributed by atoms with Gasteiger partial charge in [0.05, 0.1) is 12.1 Å². The van der Waals surface area contributed by atoms with Gasteiger partial charge in [-0.05, 0) is 12.1 Å². The quantitative estimate of drug-likeness (QED) is 0.824. The van der Waals surface area contributed by atoms with Gasteiger partial charge in [0.1, 0.15) is 0 Å². The average molecular weight is 281 g/mol. The van der Waals surface area contributed by atoms with E-state index >= 15 is 0 Å². The Morgan fingerprint density at radius 3 is 2.57 bits per heavy atom. The van der Waals surface area contributed by atoms with Crippen molar-refractivity contribution < 1.29 is 19.4 Å². The predicted molar refractivity (Wildman–Crippen MR) is 56.5 cm³/mol. The maximum Gasteiger partial charge on any atom is 0.707 e. The third-order valence-electron chi connectivity index (χ3n) is 1.42. The molecule has 0 aliphatic rings. The predicted octanol–water partition coefficient (Wildman–Crippen LogP) is 1.46. The zero-order chi connectivity index (χ0) is 10.7. The molecule has 0 atom stereocenters. The maximum absolute atomic E-state index is 8.63. The fourth-order valence-electron chi connectivity index (χ4n) is 0.908. The summed E-state index contributed by atoms with van der Waals surface area (Å²) in [5.41, 5.74) is 0. The summed E-state index contributed by atoms with van der Waals surface area (Å²) in [6.07, 6.45) is 0. The Kier molecular flexibility index (Phi) is 4.06. The molecular formula is C7H7BBrClO4. The van der Waals surface area contributed by atoms with Gasteiger partial charge in [0.15, 0.2) is 11.5 Å². The molecule has 0 radical (unpaired) electrons. The highest BCUT2D eigenvalue weighted by atomic mass is 79.9. The molecule has 0 bridgehead atoms. The molecule has 0 aromatic heterocycles. The van der Waals surface area contributed by atoms with Crippen LogP contribution < -0.4 is 9.39 Å². The van der Waals surface area contributed by atoms with Crippen LogP contribution in [-0.4, -0.2) is 24.5 Å². The van der Waals surface area contributed by atoms with E-state index in [1.54, 1.807) is 12.1 Å². The number of ether oxygens (including phenoxy) is 1. The minimum Gasteiger partial charge on any atom is -0.508 e. The molecule has 0 aliphatic heterocycles. The lowest BCUT2D eigenvalue weighted by molar-refractivity contribution is 0.279. The van der Waals surface area contributed by atoms with Crippen molar-refractivity contribution in [2.75, 3.05) is 7.11 Å². The van der Waals surface area contributed by atoms with E-state index in [1.807, 2.05) is 0 Å². The summed E-state index contributed by atoms with van der Waals surface area (Å²) in [4.78, 5) is 0. The first kappa shape index (κ1) is 11.6. The number of halogens is 2. The lowest BCUT2D eigenvalue weighted by atomic mass is 10.2. The Labute approximate surface area is 94.7 Å². The smallest absolute Gasteiger partial charge is 0.508 e. The minimum absolute atomic E-state index is 0.0902. The second kappa shape index (κ2) is 4.88. The van der Waals surface area contributed by atoms with Crippen molar-refractivity contribution in [2.24, 2.45) is 0 Å². The number of hydrogen-bond acceptors (Lipinski definition) is 4. The summed E-state index contributed by atoms with van der Waals surface area (Å²) in [6, 6.07) is 3.16. The third kappa shape index (κ3) is 2.78. The highest BCUT2D eigenvalue weighted by Gasteiger charge is 2.18. The van der Waals surface area contributed by atoms with Gasteiger partial charge in [0, 0.05) is 4.47 Å². The van der Waals surface area contributed by atoms with Crippen LogP contribution in [0, 0.1) is 0 Å². The van der Waals surface area contributed by atoms with Crippen LogP contribution in [0.1, 0.15) is 0 Å². The number of hydrogen-bond donors (Lipinski definition) is 2. The van der Waals surface area contributed by atoms with Gasteiger partial charge in [-0.25, -0.2) is 0 Å². The van der Waals surface area contributed by atoms with E-state index in [-0.39, 0.29) is 10.8 Å². The van der Waals surface area contributed by atoms with Crippen molar-refractivity contribution in [3.8, 4) is 11.5 Å². The van der Waals surface area contributed by atoms with E-state index in [2.05, 4.69) is 20.6 Å². The standard InChI is InChI=1S/C7H7BBrClO4/c1-13-6-3-4(9)2-5(10)7(6)14-8(11)12/h2-3,11-12H,1H3. The first-order valence-corrected chi connectivity index (χ1v) is 4.77. The number of benzene rings is 1. The number of methoxy groups -OCH3 is 1. The van der Waals surface area contributed by atoms with E-state index in [0.717, 1.165) is 0 Å². The highest BCUT2D eigenvalue weighted by molar-refractivity contribution is 9.10. The molecular weight excluding hydrogens is 274 g/mol. The van der Waals surface area contributed by atoms with Gasteiger partial charge in [-0.2, -0.15) is 0 Å². The van der Waals surface area contributed by atoms with Crippen LogP contribution in [0.5, 0.6) is 11.5 Å². The van der Waals surface area contributed by atoms with E-state index in [0.29, 0.717) is 10.2 Å². The van der Waals surface area contributed by atoms with Gasteiger partial charge in [-0.1, -0.05) is 27.5 Å². The van der Waals surface area contributed by atoms with Crippen LogP contribution in [-0.2, 0) is 0 Å². The molecule has 76 valence electrons. The summed E-state index contributed by atoms with van der Waals surface area (Å²) in [6.45, 7) is 0. The Morgan fingerprint density at radius 1 is 1.43 bits per heavy atom. The summed E-state index contributed by atoms with van der Waals surface area (Å²) >= 11 is 9.01. The molecule has 7 heteroatoms. The molecule has 1 rings (SSSR count). The molecule has 0 unspecified atom stereocenters.